The van der Waals surface area contributed by atoms with E-state index in [1.54, 1.807) is 21.7 Å². The van der Waals surface area contributed by atoms with Crippen LogP contribution in [-0.4, -0.2) is 44.2 Å². The highest BCUT2D eigenvalue weighted by molar-refractivity contribution is 6.00. The second-order valence-corrected chi connectivity index (χ2v) is 8.94. The molecule has 2 aromatic carbocycles. The first-order valence-electron chi connectivity index (χ1n) is 11.7. The first-order valence-corrected chi connectivity index (χ1v) is 11.7. The monoisotopic (exact) mass is 488 g/mol. The summed E-state index contributed by atoms with van der Waals surface area (Å²) in [6, 6.07) is 13.7. The maximum Gasteiger partial charge on any atom is 0.264 e. The van der Waals surface area contributed by atoms with Crippen molar-refractivity contribution in [3.05, 3.63) is 88.4 Å². The van der Waals surface area contributed by atoms with E-state index in [1.165, 1.54) is 29.2 Å². The van der Waals surface area contributed by atoms with Crippen LogP contribution in [0.1, 0.15) is 17.5 Å². The van der Waals surface area contributed by atoms with Crippen molar-refractivity contribution in [1.82, 2.24) is 24.6 Å². The van der Waals surface area contributed by atoms with E-state index in [4.69, 9.17) is 0 Å². The second-order valence-electron chi connectivity index (χ2n) is 8.94. The van der Waals surface area contributed by atoms with Crippen LogP contribution in [0.3, 0.4) is 0 Å². The predicted molar refractivity (Wildman–Crippen MR) is 132 cm³/mol. The van der Waals surface area contributed by atoms with Crippen LogP contribution in [0.4, 0.5) is 10.1 Å². The fourth-order valence-electron chi connectivity index (χ4n) is 4.39. The zero-order valence-corrected chi connectivity index (χ0v) is 19.7. The molecule has 184 valence electrons. The molecule has 1 aliphatic heterocycles. The fourth-order valence-corrected chi connectivity index (χ4v) is 4.39. The van der Waals surface area contributed by atoms with Gasteiger partial charge in [-0.15, -0.1) is 0 Å². The molecule has 2 aromatic heterocycles. The van der Waals surface area contributed by atoms with Crippen molar-refractivity contribution in [2.75, 3.05) is 18.0 Å². The highest BCUT2D eigenvalue weighted by Crippen LogP contribution is 2.25. The number of rotatable bonds is 7. The van der Waals surface area contributed by atoms with E-state index in [2.05, 4.69) is 15.4 Å². The van der Waals surface area contributed by atoms with Gasteiger partial charge >= 0.3 is 0 Å². The molecule has 0 saturated carbocycles. The van der Waals surface area contributed by atoms with E-state index in [9.17, 15) is 18.8 Å². The first kappa shape index (κ1) is 23.4. The summed E-state index contributed by atoms with van der Waals surface area (Å²) in [5.41, 5.74) is 2.68. The molecule has 1 unspecified atom stereocenters. The molecule has 0 aliphatic carbocycles. The fraction of sp³-hybridized carbons (Fsp3) is 0.269. The predicted octanol–water partition coefficient (Wildman–Crippen LogP) is 2.26. The number of benzene rings is 2. The molecule has 3 heterocycles. The van der Waals surface area contributed by atoms with Gasteiger partial charge in [0, 0.05) is 25.2 Å². The first-order chi connectivity index (χ1) is 17.4. The van der Waals surface area contributed by atoms with Crippen molar-refractivity contribution in [2.45, 2.75) is 26.4 Å². The molecule has 1 fully saturated rings. The van der Waals surface area contributed by atoms with Crippen molar-refractivity contribution in [3.63, 3.8) is 0 Å². The topological polar surface area (TPSA) is 102 Å². The van der Waals surface area contributed by atoms with Gasteiger partial charge in [-0.25, -0.2) is 14.1 Å². The van der Waals surface area contributed by atoms with Gasteiger partial charge < -0.3 is 10.2 Å². The highest BCUT2D eigenvalue weighted by atomic mass is 19.1. The SMILES string of the molecule is Cc1ccc(N2CC(C(=O)NCCn3ncc4c(=O)n(Cc5cccc(F)c5)cnc43)CC2=O)cc1. The summed E-state index contributed by atoms with van der Waals surface area (Å²) >= 11 is 0. The molecule has 5 rings (SSSR count). The van der Waals surface area contributed by atoms with Gasteiger partial charge in [0.15, 0.2) is 5.65 Å². The van der Waals surface area contributed by atoms with E-state index in [0.717, 1.165) is 11.3 Å². The van der Waals surface area contributed by atoms with E-state index in [-0.39, 0.29) is 42.7 Å². The molecule has 2 amide bonds. The Hall–Kier alpha value is -4.34. The molecule has 1 N–H and O–H groups in total. The number of anilines is 1. The number of fused-ring (bicyclic) bond motifs is 1. The number of carbonyl (C=O) groups excluding carboxylic acids is 2. The third-order valence-corrected chi connectivity index (χ3v) is 6.33. The Balaban J connectivity index is 1.20. The minimum absolute atomic E-state index is 0.0733. The summed E-state index contributed by atoms with van der Waals surface area (Å²) in [7, 11) is 0. The van der Waals surface area contributed by atoms with Crippen molar-refractivity contribution in [1.29, 1.82) is 0 Å². The lowest BCUT2D eigenvalue weighted by Crippen LogP contribution is -2.35. The standard InChI is InChI=1S/C26H25FN6O3/c1-17-5-7-21(8-6-17)32-15-19(12-23(32)34)25(35)28-9-10-33-24-22(13-30-33)26(36)31(16-29-24)14-18-3-2-4-20(27)11-18/h2-8,11,13,16,19H,9-10,12,14-15H2,1H3,(H,28,35). The Kier molecular flexibility index (Phi) is 6.32. The Morgan fingerprint density at radius 2 is 1.97 bits per heavy atom. The number of halogens is 1. The van der Waals surface area contributed by atoms with E-state index in [0.29, 0.717) is 29.7 Å². The average molecular weight is 489 g/mol. The molecule has 0 radical (unpaired) electrons. The molecule has 36 heavy (non-hydrogen) atoms. The van der Waals surface area contributed by atoms with Crippen LogP contribution >= 0.6 is 0 Å². The molecule has 1 atom stereocenters. The van der Waals surface area contributed by atoms with Crippen LogP contribution in [0.5, 0.6) is 0 Å². The zero-order valence-electron chi connectivity index (χ0n) is 19.7. The van der Waals surface area contributed by atoms with Crippen LogP contribution in [0.2, 0.25) is 0 Å². The van der Waals surface area contributed by atoms with Gasteiger partial charge in [0.2, 0.25) is 11.8 Å². The molecular formula is C26H25FN6O3. The third-order valence-electron chi connectivity index (χ3n) is 6.33. The van der Waals surface area contributed by atoms with Gasteiger partial charge in [0.25, 0.3) is 5.56 Å². The minimum Gasteiger partial charge on any atom is -0.354 e. The number of aryl methyl sites for hydroxylation is 1. The van der Waals surface area contributed by atoms with Gasteiger partial charge in [-0.2, -0.15) is 5.10 Å². The number of hydrogen-bond acceptors (Lipinski definition) is 5. The van der Waals surface area contributed by atoms with Crippen LogP contribution < -0.4 is 15.8 Å². The quantitative estimate of drug-likeness (QED) is 0.430. The lowest BCUT2D eigenvalue weighted by atomic mass is 10.1. The van der Waals surface area contributed by atoms with Gasteiger partial charge in [-0.05, 0) is 36.8 Å². The third kappa shape index (κ3) is 4.74. The molecule has 9 nitrogen and oxygen atoms in total. The lowest BCUT2D eigenvalue weighted by Gasteiger charge is -2.17. The molecule has 0 spiro atoms. The van der Waals surface area contributed by atoms with Crippen molar-refractivity contribution in [3.8, 4) is 0 Å². The zero-order chi connectivity index (χ0) is 25.2. The molecule has 10 heteroatoms. The Morgan fingerprint density at radius 3 is 2.75 bits per heavy atom. The second kappa shape index (κ2) is 9.73. The summed E-state index contributed by atoms with van der Waals surface area (Å²) in [5.74, 6) is -1.06. The van der Waals surface area contributed by atoms with Crippen LogP contribution in [-0.2, 0) is 22.7 Å². The summed E-state index contributed by atoms with van der Waals surface area (Å²) in [6.45, 7) is 3.11. The maximum absolute atomic E-state index is 13.5. The summed E-state index contributed by atoms with van der Waals surface area (Å²) in [5, 5.41) is 7.46. The summed E-state index contributed by atoms with van der Waals surface area (Å²) in [4.78, 5) is 44.0. The van der Waals surface area contributed by atoms with Gasteiger partial charge in [0.1, 0.15) is 17.5 Å². The van der Waals surface area contributed by atoms with E-state index in [1.807, 2.05) is 31.2 Å². The smallest absolute Gasteiger partial charge is 0.264 e. The maximum atomic E-state index is 13.5. The number of hydrogen-bond donors (Lipinski definition) is 1. The number of amides is 2. The molecular weight excluding hydrogens is 463 g/mol. The number of aromatic nitrogens is 4. The lowest BCUT2D eigenvalue weighted by molar-refractivity contribution is -0.126. The number of nitrogens with zero attached hydrogens (tertiary/aromatic N) is 5. The van der Waals surface area contributed by atoms with Gasteiger partial charge in [0.05, 0.1) is 25.2 Å². The van der Waals surface area contributed by atoms with Gasteiger partial charge in [-0.1, -0.05) is 29.8 Å². The van der Waals surface area contributed by atoms with Crippen LogP contribution in [0, 0.1) is 18.7 Å². The Bertz CT molecular complexity index is 1490. The van der Waals surface area contributed by atoms with E-state index >= 15 is 0 Å². The van der Waals surface area contributed by atoms with Crippen LogP contribution in [0.25, 0.3) is 11.0 Å². The van der Waals surface area contributed by atoms with Crippen molar-refractivity contribution < 1.29 is 14.0 Å². The summed E-state index contributed by atoms with van der Waals surface area (Å²) in [6.07, 6.45) is 3.02. The molecule has 4 aromatic rings. The number of carbonyl (C=O) groups is 2. The van der Waals surface area contributed by atoms with Crippen molar-refractivity contribution >= 4 is 28.5 Å². The van der Waals surface area contributed by atoms with Crippen molar-refractivity contribution in [2.24, 2.45) is 5.92 Å². The average Bonchev–Trinajstić information content (AvgIpc) is 3.45. The minimum atomic E-state index is -0.429. The molecule has 1 aliphatic rings. The van der Waals surface area contributed by atoms with E-state index < -0.39 is 5.92 Å². The van der Waals surface area contributed by atoms with Gasteiger partial charge in [-0.3, -0.25) is 19.0 Å². The highest BCUT2D eigenvalue weighted by Gasteiger charge is 2.34. The Morgan fingerprint density at radius 1 is 1.17 bits per heavy atom. The normalized spacial score (nSPS) is 15.6. The Labute approximate surface area is 206 Å². The largest absolute Gasteiger partial charge is 0.354 e. The van der Waals surface area contributed by atoms with Crippen LogP contribution in [0.15, 0.2) is 65.8 Å². The molecule has 0 bridgehead atoms. The summed E-state index contributed by atoms with van der Waals surface area (Å²) < 4.78 is 16.4. The number of nitrogens with one attached hydrogen (secondary N) is 1. The molecule has 1 saturated heterocycles.